The largest absolute Gasteiger partial charge is 0.361 e. The van der Waals surface area contributed by atoms with Crippen molar-refractivity contribution in [1.82, 2.24) is 10.3 Å². The average molecular weight is 261 g/mol. The van der Waals surface area contributed by atoms with Gasteiger partial charge in [0.15, 0.2) is 0 Å². The minimum absolute atomic E-state index is 0.596. The lowest BCUT2D eigenvalue weighted by molar-refractivity contribution is 0.285. The van der Waals surface area contributed by atoms with Crippen LogP contribution in [0.5, 0.6) is 0 Å². The zero-order chi connectivity index (χ0) is 12.1. The van der Waals surface area contributed by atoms with Crippen molar-refractivity contribution in [3.05, 3.63) is 35.5 Å². The number of benzene rings is 1. The molecule has 94 valence electrons. The van der Waals surface area contributed by atoms with E-state index in [4.69, 9.17) is 11.6 Å². The van der Waals surface area contributed by atoms with Crippen LogP contribution in [0.4, 0.5) is 0 Å². The summed E-state index contributed by atoms with van der Waals surface area (Å²) in [7, 11) is 0. The molecule has 1 unspecified atom stereocenters. The smallest absolute Gasteiger partial charge is 0.0459 e. The molecular formula is C15H17ClN2. The fourth-order valence-electron chi connectivity index (χ4n) is 3.74. The first-order valence-corrected chi connectivity index (χ1v) is 7.28. The molecule has 2 heterocycles. The van der Waals surface area contributed by atoms with Gasteiger partial charge in [0, 0.05) is 34.9 Å². The highest BCUT2D eigenvalue weighted by Gasteiger charge is 2.35. The summed E-state index contributed by atoms with van der Waals surface area (Å²) in [4.78, 5) is 3.40. The number of halogens is 1. The van der Waals surface area contributed by atoms with E-state index in [9.17, 15) is 0 Å². The molecule has 0 spiro atoms. The normalized spacial score (nSPS) is 30.4. The number of alkyl halides is 1. The molecule has 1 aliphatic heterocycles. The summed E-state index contributed by atoms with van der Waals surface area (Å²) in [6.07, 6.45) is 4.56. The van der Waals surface area contributed by atoms with Crippen LogP contribution in [-0.2, 0) is 6.42 Å². The van der Waals surface area contributed by atoms with Crippen LogP contribution in [0.15, 0.2) is 24.4 Å². The summed E-state index contributed by atoms with van der Waals surface area (Å²) in [5.74, 6) is 2.02. The molecular weight excluding hydrogens is 244 g/mol. The summed E-state index contributed by atoms with van der Waals surface area (Å²) >= 11 is 6.05. The third-order valence-electron chi connectivity index (χ3n) is 4.62. The summed E-state index contributed by atoms with van der Waals surface area (Å²) in [5.41, 5.74) is 4.27. The molecule has 4 rings (SSSR count). The molecule has 18 heavy (non-hydrogen) atoms. The lowest BCUT2D eigenvalue weighted by Gasteiger charge is -2.39. The van der Waals surface area contributed by atoms with E-state index in [1.54, 1.807) is 0 Å². The van der Waals surface area contributed by atoms with Crippen LogP contribution in [-0.4, -0.2) is 23.5 Å². The number of aromatic nitrogens is 1. The van der Waals surface area contributed by atoms with Crippen molar-refractivity contribution in [1.29, 1.82) is 0 Å². The molecule has 1 fully saturated rings. The second kappa shape index (κ2) is 4.01. The molecule has 1 aromatic carbocycles. The second-order valence-electron chi connectivity index (χ2n) is 5.67. The predicted octanol–water partition coefficient (Wildman–Crippen LogP) is 3.02. The van der Waals surface area contributed by atoms with Crippen molar-refractivity contribution >= 4 is 22.5 Å². The van der Waals surface area contributed by atoms with Gasteiger partial charge in [-0.1, -0.05) is 12.1 Å². The standard InChI is InChI=1S/C15H17ClN2/c16-6-9-4-12-11-2-1-3-13-15(11)10(8-18-13)5-14(12)17-7-9/h1-3,8-9,12,14,17-18H,4-7H2/t9?,12-,14-/m1/s1. The van der Waals surface area contributed by atoms with Gasteiger partial charge < -0.3 is 10.3 Å². The van der Waals surface area contributed by atoms with E-state index in [-0.39, 0.29) is 0 Å². The molecule has 2 nitrogen and oxygen atoms in total. The number of fused-ring (bicyclic) bond motifs is 2. The van der Waals surface area contributed by atoms with E-state index in [2.05, 4.69) is 34.7 Å². The Bertz CT molecular complexity index is 589. The Morgan fingerprint density at radius 3 is 3.17 bits per heavy atom. The molecule has 1 saturated heterocycles. The van der Waals surface area contributed by atoms with Crippen molar-refractivity contribution in [3.63, 3.8) is 0 Å². The zero-order valence-electron chi connectivity index (χ0n) is 10.2. The Morgan fingerprint density at radius 1 is 1.33 bits per heavy atom. The molecule has 1 aromatic heterocycles. The van der Waals surface area contributed by atoms with Gasteiger partial charge in [-0.25, -0.2) is 0 Å². The SMILES string of the molecule is ClCC1CN[C@@H]2Cc3c[nH]c4cccc(c34)[C@H]2C1. The summed E-state index contributed by atoms with van der Waals surface area (Å²) in [6.45, 7) is 1.07. The van der Waals surface area contributed by atoms with Crippen molar-refractivity contribution in [2.75, 3.05) is 12.4 Å². The highest BCUT2D eigenvalue weighted by Crippen LogP contribution is 2.41. The fourth-order valence-corrected chi connectivity index (χ4v) is 3.97. The van der Waals surface area contributed by atoms with E-state index in [0.717, 1.165) is 18.8 Å². The lowest BCUT2D eigenvalue weighted by Crippen LogP contribution is -2.47. The maximum Gasteiger partial charge on any atom is 0.0459 e. The van der Waals surface area contributed by atoms with Crippen LogP contribution >= 0.6 is 11.6 Å². The maximum absolute atomic E-state index is 6.05. The van der Waals surface area contributed by atoms with Crippen molar-refractivity contribution in [2.45, 2.75) is 24.8 Å². The zero-order valence-corrected chi connectivity index (χ0v) is 11.0. The van der Waals surface area contributed by atoms with Gasteiger partial charge in [0.05, 0.1) is 0 Å². The Morgan fingerprint density at radius 2 is 2.28 bits per heavy atom. The van der Waals surface area contributed by atoms with Crippen molar-refractivity contribution in [3.8, 4) is 0 Å². The van der Waals surface area contributed by atoms with Crippen LogP contribution in [0.25, 0.3) is 10.9 Å². The third-order valence-corrected chi connectivity index (χ3v) is 5.06. The number of aromatic amines is 1. The van der Waals surface area contributed by atoms with E-state index in [1.165, 1.54) is 28.5 Å². The Hall–Kier alpha value is -0.990. The Balaban J connectivity index is 1.85. The summed E-state index contributed by atoms with van der Waals surface area (Å²) in [5, 5.41) is 5.17. The van der Waals surface area contributed by atoms with Gasteiger partial charge in [0.25, 0.3) is 0 Å². The van der Waals surface area contributed by atoms with Gasteiger partial charge in [-0.15, -0.1) is 11.6 Å². The van der Waals surface area contributed by atoms with Crippen LogP contribution in [0.3, 0.4) is 0 Å². The quantitative estimate of drug-likeness (QED) is 0.758. The first-order chi connectivity index (χ1) is 8.86. The van der Waals surface area contributed by atoms with Gasteiger partial charge in [0.1, 0.15) is 0 Å². The van der Waals surface area contributed by atoms with Crippen LogP contribution < -0.4 is 5.32 Å². The molecule has 2 aromatic rings. The maximum atomic E-state index is 6.05. The molecule has 3 heteroatoms. The topological polar surface area (TPSA) is 27.8 Å². The summed E-state index contributed by atoms with van der Waals surface area (Å²) < 4.78 is 0. The highest BCUT2D eigenvalue weighted by atomic mass is 35.5. The van der Waals surface area contributed by atoms with E-state index < -0.39 is 0 Å². The molecule has 0 saturated carbocycles. The molecule has 0 bridgehead atoms. The minimum Gasteiger partial charge on any atom is -0.361 e. The van der Waals surface area contributed by atoms with Gasteiger partial charge in [0.2, 0.25) is 0 Å². The number of H-pyrrole nitrogens is 1. The average Bonchev–Trinajstić information content (AvgIpc) is 2.83. The number of hydrogen-bond acceptors (Lipinski definition) is 1. The van der Waals surface area contributed by atoms with Gasteiger partial charge in [-0.3, -0.25) is 0 Å². The molecule has 0 radical (unpaired) electrons. The van der Waals surface area contributed by atoms with Crippen LogP contribution in [0.2, 0.25) is 0 Å². The number of piperidine rings is 1. The number of hydrogen-bond donors (Lipinski definition) is 2. The molecule has 0 amide bonds. The minimum atomic E-state index is 0.596. The molecule has 1 aliphatic carbocycles. The van der Waals surface area contributed by atoms with E-state index in [0.29, 0.717) is 17.9 Å². The van der Waals surface area contributed by atoms with E-state index in [1.807, 2.05) is 0 Å². The van der Waals surface area contributed by atoms with Gasteiger partial charge in [-0.05, 0) is 42.5 Å². The van der Waals surface area contributed by atoms with Crippen LogP contribution in [0.1, 0.15) is 23.5 Å². The first kappa shape index (κ1) is 10.9. The van der Waals surface area contributed by atoms with Gasteiger partial charge in [-0.2, -0.15) is 0 Å². The van der Waals surface area contributed by atoms with Crippen molar-refractivity contribution in [2.24, 2.45) is 5.92 Å². The molecule has 2 N–H and O–H groups in total. The molecule has 2 aliphatic rings. The lowest BCUT2D eigenvalue weighted by atomic mass is 9.74. The molecule has 3 atom stereocenters. The fraction of sp³-hybridized carbons (Fsp3) is 0.467. The highest BCUT2D eigenvalue weighted by molar-refractivity contribution is 6.18. The summed E-state index contributed by atoms with van der Waals surface area (Å²) in [6, 6.07) is 7.25. The van der Waals surface area contributed by atoms with E-state index >= 15 is 0 Å². The Kier molecular flexibility index (Phi) is 2.42. The number of nitrogens with one attached hydrogen (secondary N) is 2. The second-order valence-corrected chi connectivity index (χ2v) is 5.97. The monoisotopic (exact) mass is 260 g/mol. The number of rotatable bonds is 1. The van der Waals surface area contributed by atoms with Gasteiger partial charge >= 0.3 is 0 Å². The van der Waals surface area contributed by atoms with Crippen molar-refractivity contribution < 1.29 is 0 Å². The Labute approximate surface area is 112 Å². The first-order valence-electron chi connectivity index (χ1n) is 6.75. The van der Waals surface area contributed by atoms with Crippen LogP contribution in [0, 0.1) is 5.92 Å². The third kappa shape index (κ3) is 1.45. The predicted molar refractivity (Wildman–Crippen MR) is 75.4 cm³/mol.